The number of rotatable bonds is 6. The van der Waals surface area contributed by atoms with E-state index >= 15 is 0 Å². The maximum atomic E-state index is 11.9. The highest BCUT2D eigenvalue weighted by molar-refractivity contribution is 6.30. The highest BCUT2D eigenvalue weighted by Crippen LogP contribution is 2.23. The summed E-state index contributed by atoms with van der Waals surface area (Å²) in [6.07, 6.45) is -4.46. The number of carbonyl (C=O) groups is 1. The Kier molecular flexibility index (Phi) is 5.62. The number of benzene rings is 1. The minimum absolute atomic E-state index is 0.0498. The van der Waals surface area contributed by atoms with Crippen LogP contribution in [0.1, 0.15) is 17.9 Å². The van der Waals surface area contributed by atoms with Crippen LogP contribution in [0.2, 0.25) is 5.02 Å². The molecule has 1 N–H and O–H groups in total. The maximum absolute atomic E-state index is 11.9. The predicted octanol–water partition coefficient (Wildman–Crippen LogP) is 3.48. The van der Waals surface area contributed by atoms with Gasteiger partial charge in [-0.25, -0.2) is 0 Å². The lowest BCUT2D eigenvalue weighted by Crippen LogP contribution is -2.19. The molecule has 1 atom stereocenters. The topological polar surface area (TPSA) is 46.5 Å². The first-order valence-corrected chi connectivity index (χ1v) is 5.80. The summed E-state index contributed by atoms with van der Waals surface area (Å²) in [7, 11) is 0. The second-order valence-electron chi connectivity index (χ2n) is 3.90. The monoisotopic (exact) mass is 296 g/mol. The van der Waals surface area contributed by atoms with Crippen LogP contribution in [0.3, 0.4) is 0 Å². The van der Waals surface area contributed by atoms with Crippen molar-refractivity contribution in [1.82, 2.24) is 0 Å². The number of alkyl halides is 3. The molecule has 0 aliphatic rings. The summed E-state index contributed by atoms with van der Waals surface area (Å²) in [6.45, 7) is -1.67. The van der Waals surface area contributed by atoms with Gasteiger partial charge in [-0.1, -0.05) is 23.7 Å². The second kappa shape index (κ2) is 6.77. The minimum Gasteiger partial charge on any atom is -0.481 e. The molecule has 0 saturated carbocycles. The van der Waals surface area contributed by atoms with Gasteiger partial charge in [-0.15, -0.1) is 0 Å². The van der Waals surface area contributed by atoms with E-state index in [1.54, 1.807) is 18.2 Å². The summed E-state index contributed by atoms with van der Waals surface area (Å²) >= 11 is 5.74. The summed E-state index contributed by atoms with van der Waals surface area (Å²) in [4.78, 5) is 11.1. The smallest absolute Gasteiger partial charge is 0.411 e. The molecular formula is C12H12ClF3O3. The quantitative estimate of drug-likeness (QED) is 0.818. The van der Waals surface area contributed by atoms with Crippen molar-refractivity contribution in [1.29, 1.82) is 0 Å². The molecule has 1 aromatic carbocycles. The van der Waals surface area contributed by atoms with Gasteiger partial charge in [0.25, 0.3) is 0 Å². The molecule has 106 valence electrons. The lowest BCUT2D eigenvalue weighted by molar-refractivity contribution is -0.174. The number of carboxylic acid groups (broad SMARTS) is 1. The van der Waals surface area contributed by atoms with Gasteiger partial charge >= 0.3 is 12.1 Å². The number of hydrogen-bond donors (Lipinski definition) is 1. The lowest BCUT2D eigenvalue weighted by Gasteiger charge is -2.14. The zero-order valence-electron chi connectivity index (χ0n) is 9.78. The first-order valence-electron chi connectivity index (χ1n) is 5.42. The van der Waals surface area contributed by atoms with Crippen LogP contribution in [-0.2, 0) is 9.53 Å². The van der Waals surface area contributed by atoms with E-state index in [9.17, 15) is 18.0 Å². The molecule has 0 fully saturated rings. The van der Waals surface area contributed by atoms with E-state index in [-0.39, 0.29) is 13.0 Å². The molecule has 19 heavy (non-hydrogen) atoms. The zero-order valence-corrected chi connectivity index (χ0v) is 10.5. The van der Waals surface area contributed by atoms with Gasteiger partial charge < -0.3 is 9.84 Å². The van der Waals surface area contributed by atoms with Crippen LogP contribution in [0.4, 0.5) is 13.2 Å². The second-order valence-corrected chi connectivity index (χ2v) is 4.34. The van der Waals surface area contributed by atoms with E-state index in [0.717, 1.165) is 0 Å². The number of hydrogen-bond acceptors (Lipinski definition) is 2. The SMILES string of the molecule is O=C(O)C(CCOCC(F)(F)F)c1cccc(Cl)c1. The molecule has 0 amide bonds. The predicted molar refractivity (Wildman–Crippen MR) is 63.3 cm³/mol. The van der Waals surface area contributed by atoms with E-state index in [2.05, 4.69) is 4.74 Å². The standard InChI is InChI=1S/C12H12ClF3O3/c13-9-3-1-2-8(6-9)10(11(17)18)4-5-19-7-12(14,15)16/h1-3,6,10H,4-5,7H2,(H,17,18). The summed E-state index contributed by atoms with van der Waals surface area (Å²) < 4.78 is 40.0. The average molecular weight is 297 g/mol. The Morgan fingerprint density at radius 3 is 2.63 bits per heavy atom. The first-order chi connectivity index (χ1) is 8.79. The van der Waals surface area contributed by atoms with Crippen molar-refractivity contribution >= 4 is 17.6 Å². The number of ether oxygens (including phenoxy) is 1. The van der Waals surface area contributed by atoms with Crippen molar-refractivity contribution in [3.63, 3.8) is 0 Å². The van der Waals surface area contributed by atoms with Gasteiger partial charge in [0.15, 0.2) is 0 Å². The van der Waals surface area contributed by atoms with Crippen molar-refractivity contribution in [2.75, 3.05) is 13.2 Å². The number of halogens is 4. The summed E-state index contributed by atoms with van der Waals surface area (Å²) in [6, 6.07) is 6.22. The fourth-order valence-electron chi connectivity index (χ4n) is 1.55. The molecule has 0 heterocycles. The zero-order chi connectivity index (χ0) is 14.5. The van der Waals surface area contributed by atoms with Crippen LogP contribution >= 0.6 is 11.6 Å². The van der Waals surface area contributed by atoms with Gasteiger partial charge in [-0.2, -0.15) is 13.2 Å². The molecule has 1 rings (SSSR count). The molecular weight excluding hydrogens is 285 g/mol. The fourth-order valence-corrected chi connectivity index (χ4v) is 1.74. The number of aliphatic carboxylic acids is 1. The summed E-state index contributed by atoms with van der Waals surface area (Å²) in [5.74, 6) is -2.06. The Hall–Kier alpha value is -1.27. The van der Waals surface area contributed by atoms with Gasteiger partial charge in [0.1, 0.15) is 6.61 Å². The summed E-state index contributed by atoms with van der Waals surface area (Å²) in [5, 5.41) is 9.43. The fraction of sp³-hybridized carbons (Fsp3) is 0.417. The third kappa shape index (κ3) is 5.94. The normalized spacial score (nSPS) is 13.3. The molecule has 0 saturated heterocycles. The molecule has 0 spiro atoms. The van der Waals surface area contributed by atoms with Gasteiger partial charge in [-0.3, -0.25) is 4.79 Å². The van der Waals surface area contributed by atoms with Gasteiger partial charge in [0.05, 0.1) is 5.92 Å². The van der Waals surface area contributed by atoms with Crippen LogP contribution in [0, 0.1) is 0 Å². The molecule has 1 unspecified atom stereocenters. The van der Waals surface area contributed by atoms with Crippen molar-refractivity contribution < 1.29 is 27.8 Å². The molecule has 0 bridgehead atoms. The van der Waals surface area contributed by atoms with Crippen LogP contribution in [0.25, 0.3) is 0 Å². The average Bonchev–Trinajstić information content (AvgIpc) is 2.26. The highest BCUT2D eigenvalue weighted by atomic mass is 35.5. The molecule has 3 nitrogen and oxygen atoms in total. The highest BCUT2D eigenvalue weighted by Gasteiger charge is 2.28. The van der Waals surface area contributed by atoms with Crippen molar-refractivity contribution in [2.24, 2.45) is 0 Å². The Bertz CT molecular complexity index is 434. The Morgan fingerprint density at radius 2 is 2.11 bits per heavy atom. The van der Waals surface area contributed by atoms with Gasteiger partial charge in [-0.05, 0) is 24.1 Å². The largest absolute Gasteiger partial charge is 0.481 e. The molecule has 0 aliphatic carbocycles. The van der Waals surface area contributed by atoms with E-state index in [4.69, 9.17) is 16.7 Å². The minimum atomic E-state index is -4.41. The maximum Gasteiger partial charge on any atom is 0.411 e. The van der Waals surface area contributed by atoms with Crippen LogP contribution < -0.4 is 0 Å². The van der Waals surface area contributed by atoms with E-state index < -0.39 is 24.7 Å². The molecule has 0 radical (unpaired) electrons. The Balaban J connectivity index is 2.57. The molecule has 7 heteroatoms. The number of carboxylic acids is 1. The van der Waals surface area contributed by atoms with Gasteiger partial charge in [0.2, 0.25) is 0 Å². The Labute approximate surface area is 112 Å². The van der Waals surface area contributed by atoms with Crippen LogP contribution in [0.15, 0.2) is 24.3 Å². The van der Waals surface area contributed by atoms with E-state index in [0.29, 0.717) is 10.6 Å². The van der Waals surface area contributed by atoms with Gasteiger partial charge in [0, 0.05) is 11.6 Å². The van der Waals surface area contributed by atoms with E-state index in [1.165, 1.54) is 6.07 Å². The first kappa shape index (κ1) is 15.8. The molecule has 0 aliphatic heterocycles. The summed E-state index contributed by atoms with van der Waals surface area (Å²) in [5.41, 5.74) is 0.440. The molecule has 0 aromatic heterocycles. The van der Waals surface area contributed by atoms with E-state index in [1.807, 2.05) is 0 Å². The van der Waals surface area contributed by atoms with Crippen molar-refractivity contribution in [3.05, 3.63) is 34.9 Å². The van der Waals surface area contributed by atoms with Crippen LogP contribution in [-0.4, -0.2) is 30.5 Å². The third-order valence-corrected chi connectivity index (χ3v) is 2.60. The van der Waals surface area contributed by atoms with Crippen molar-refractivity contribution in [3.8, 4) is 0 Å². The van der Waals surface area contributed by atoms with Crippen LogP contribution in [0.5, 0.6) is 0 Å². The third-order valence-electron chi connectivity index (χ3n) is 2.37. The lowest BCUT2D eigenvalue weighted by atomic mass is 9.96. The Morgan fingerprint density at radius 1 is 1.42 bits per heavy atom. The van der Waals surface area contributed by atoms with Crippen molar-refractivity contribution in [2.45, 2.75) is 18.5 Å². The molecule has 1 aromatic rings.